The fraction of sp³-hybridized carbons (Fsp3) is 0.667. The Hall–Kier alpha value is -0.860. The molecule has 0 aromatic heterocycles. The lowest BCUT2D eigenvalue weighted by Crippen LogP contribution is -2.41. The van der Waals surface area contributed by atoms with E-state index in [0.29, 0.717) is 37.4 Å². The molecule has 1 aromatic carbocycles. The van der Waals surface area contributed by atoms with E-state index < -0.39 is 16.1 Å². The monoisotopic (exact) mass is 373 g/mol. The molecular weight excluding hydrogens is 345 g/mol. The molecule has 142 valence electrons. The average molecular weight is 373 g/mol. The van der Waals surface area contributed by atoms with Crippen molar-refractivity contribution in [3.05, 3.63) is 29.6 Å². The van der Waals surface area contributed by atoms with Crippen LogP contribution in [0.15, 0.2) is 18.2 Å². The standard InChI is InChI=1S/C18H28FNO4S/c1-18(2,3)25(21)20-15(7-9-17-23-10-5-11-24-17)14-12-13(19)6-8-16(14)22-4/h6,8,12,15,17,20H,5,7,9-11H2,1-4H3/t15-,25-/m1/s1. The van der Waals surface area contributed by atoms with Crippen molar-refractivity contribution in [2.75, 3.05) is 20.3 Å². The lowest BCUT2D eigenvalue weighted by atomic mass is 10.0. The highest BCUT2D eigenvalue weighted by atomic mass is 32.2. The van der Waals surface area contributed by atoms with Crippen LogP contribution < -0.4 is 9.46 Å². The van der Waals surface area contributed by atoms with Crippen molar-refractivity contribution < 1.29 is 23.2 Å². The van der Waals surface area contributed by atoms with Crippen LogP contribution in [0.5, 0.6) is 5.75 Å². The second-order valence-corrected chi connectivity index (χ2v) is 9.04. The molecule has 0 aliphatic carbocycles. The van der Waals surface area contributed by atoms with Crippen LogP contribution in [0.4, 0.5) is 4.39 Å². The minimum atomic E-state index is -1.30. The number of benzene rings is 1. The summed E-state index contributed by atoms with van der Waals surface area (Å²) in [6.45, 7) is 7.04. The van der Waals surface area contributed by atoms with Gasteiger partial charge < -0.3 is 18.8 Å². The molecule has 0 radical (unpaired) electrons. The van der Waals surface area contributed by atoms with Gasteiger partial charge in [-0.05, 0) is 51.8 Å². The van der Waals surface area contributed by atoms with E-state index in [2.05, 4.69) is 4.72 Å². The van der Waals surface area contributed by atoms with Crippen LogP contribution in [-0.2, 0) is 20.8 Å². The molecule has 2 rings (SSSR count). The molecule has 5 nitrogen and oxygen atoms in total. The first-order valence-electron chi connectivity index (χ1n) is 8.56. The van der Waals surface area contributed by atoms with Crippen molar-refractivity contribution in [2.24, 2.45) is 0 Å². The molecule has 0 saturated carbocycles. The van der Waals surface area contributed by atoms with Crippen LogP contribution in [0.2, 0.25) is 0 Å². The highest BCUT2D eigenvalue weighted by Gasteiger charge is 2.31. The Balaban J connectivity index is 2.17. The Bertz CT molecular complexity index is 546. The number of hydrogen-bond donors (Lipinski definition) is 1. The van der Waals surface area contributed by atoms with Crippen molar-refractivity contribution in [3.8, 4) is 5.75 Å². The van der Waals surface area contributed by atoms with Crippen LogP contribution in [0.25, 0.3) is 0 Å². The van der Waals surface area contributed by atoms with Gasteiger partial charge in [0.1, 0.15) is 16.3 Å². The fourth-order valence-electron chi connectivity index (χ4n) is 2.57. The predicted molar refractivity (Wildman–Crippen MR) is 96.3 cm³/mol. The minimum absolute atomic E-state index is 0.277. The normalized spacial score (nSPS) is 18.8. The number of hydrogen-bond acceptors (Lipinski definition) is 5. The number of ether oxygens (including phenoxy) is 3. The van der Waals surface area contributed by atoms with Gasteiger partial charge in [0.2, 0.25) is 0 Å². The molecule has 2 atom stereocenters. The molecule has 1 saturated heterocycles. The second kappa shape index (κ2) is 9.19. The summed E-state index contributed by atoms with van der Waals surface area (Å²) in [7, 11) is 1.54. The van der Waals surface area contributed by atoms with Gasteiger partial charge in [-0.15, -0.1) is 4.72 Å². The zero-order valence-corrected chi connectivity index (χ0v) is 16.2. The van der Waals surface area contributed by atoms with Gasteiger partial charge >= 0.3 is 0 Å². The Morgan fingerprint density at radius 2 is 2.04 bits per heavy atom. The third kappa shape index (κ3) is 6.11. The summed E-state index contributed by atoms with van der Waals surface area (Å²) in [5.41, 5.74) is 0.649. The minimum Gasteiger partial charge on any atom is -0.598 e. The van der Waals surface area contributed by atoms with Gasteiger partial charge in [-0.25, -0.2) is 4.39 Å². The lowest BCUT2D eigenvalue weighted by Gasteiger charge is -2.30. The first-order chi connectivity index (χ1) is 11.8. The lowest BCUT2D eigenvalue weighted by molar-refractivity contribution is -0.182. The van der Waals surface area contributed by atoms with Gasteiger partial charge in [0.25, 0.3) is 0 Å². The zero-order valence-electron chi connectivity index (χ0n) is 15.3. The van der Waals surface area contributed by atoms with Crippen LogP contribution >= 0.6 is 0 Å². The number of methoxy groups -OCH3 is 1. The molecule has 0 bridgehead atoms. The van der Waals surface area contributed by atoms with Gasteiger partial charge in [-0.1, -0.05) is 0 Å². The summed E-state index contributed by atoms with van der Waals surface area (Å²) in [6.07, 6.45) is 1.83. The molecule has 1 fully saturated rings. The highest BCUT2D eigenvalue weighted by molar-refractivity contribution is 7.90. The largest absolute Gasteiger partial charge is 0.598 e. The summed E-state index contributed by atoms with van der Waals surface area (Å²) in [6, 6.07) is 4.04. The van der Waals surface area contributed by atoms with E-state index in [9.17, 15) is 8.94 Å². The molecule has 1 aromatic rings. The molecule has 1 aliphatic heterocycles. The number of halogens is 1. The molecule has 0 amide bonds. The van der Waals surface area contributed by atoms with E-state index in [1.54, 1.807) is 13.2 Å². The van der Waals surface area contributed by atoms with Gasteiger partial charge in [0.05, 0.1) is 26.4 Å². The molecule has 0 unspecified atom stereocenters. The van der Waals surface area contributed by atoms with Gasteiger partial charge in [-0.2, -0.15) is 0 Å². The van der Waals surface area contributed by atoms with Crippen LogP contribution in [-0.4, -0.2) is 35.9 Å². The Morgan fingerprint density at radius 3 is 2.64 bits per heavy atom. The summed E-state index contributed by atoms with van der Waals surface area (Å²) in [5.74, 6) is 0.213. The Kier molecular flexibility index (Phi) is 7.51. The van der Waals surface area contributed by atoms with E-state index in [-0.39, 0.29) is 18.1 Å². The first kappa shape index (κ1) is 20.5. The molecule has 1 N–H and O–H groups in total. The number of nitrogens with one attached hydrogen (secondary N) is 1. The molecule has 0 spiro atoms. The fourth-order valence-corrected chi connectivity index (χ4v) is 3.42. The van der Waals surface area contributed by atoms with E-state index in [0.717, 1.165) is 6.42 Å². The topological polar surface area (TPSA) is 62.8 Å². The summed E-state index contributed by atoms with van der Waals surface area (Å²) in [4.78, 5) is 0. The summed E-state index contributed by atoms with van der Waals surface area (Å²) in [5, 5.41) is 0. The van der Waals surface area contributed by atoms with Crippen LogP contribution in [0.3, 0.4) is 0 Å². The summed E-state index contributed by atoms with van der Waals surface area (Å²) < 4.78 is 45.6. The van der Waals surface area contributed by atoms with Crippen molar-refractivity contribution >= 4 is 11.4 Å². The Labute approximate surface area is 152 Å². The van der Waals surface area contributed by atoms with Crippen LogP contribution in [0, 0.1) is 5.82 Å². The van der Waals surface area contributed by atoms with Crippen molar-refractivity contribution in [3.63, 3.8) is 0 Å². The second-order valence-electron chi connectivity index (χ2n) is 7.04. The van der Waals surface area contributed by atoms with Gasteiger partial charge in [-0.3, -0.25) is 0 Å². The third-order valence-corrected chi connectivity index (χ3v) is 5.57. The molecular formula is C18H28FNO4S. The maximum Gasteiger partial charge on any atom is 0.157 e. The maximum absolute atomic E-state index is 13.8. The predicted octanol–water partition coefficient (Wildman–Crippen LogP) is 3.47. The molecule has 7 heteroatoms. The van der Waals surface area contributed by atoms with Gasteiger partial charge in [0, 0.05) is 23.3 Å². The van der Waals surface area contributed by atoms with Crippen molar-refractivity contribution in [1.29, 1.82) is 0 Å². The maximum atomic E-state index is 13.8. The van der Waals surface area contributed by atoms with E-state index in [1.807, 2.05) is 20.8 Å². The van der Waals surface area contributed by atoms with Crippen molar-refractivity contribution in [1.82, 2.24) is 4.72 Å². The van der Waals surface area contributed by atoms with Crippen molar-refractivity contribution in [2.45, 2.75) is 57.1 Å². The average Bonchev–Trinajstić information content (AvgIpc) is 2.58. The first-order valence-corrected chi connectivity index (χ1v) is 9.71. The van der Waals surface area contributed by atoms with E-state index in [4.69, 9.17) is 14.2 Å². The number of rotatable bonds is 7. The van der Waals surface area contributed by atoms with Crippen LogP contribution in [0.1, 0.15) is 51.6 Å². The summed E-state index contributed by atoms with van der Waals surface area (Å²) >= 11 is -1.30. The molecule has 1 aliphatic rings. The highest BCUT2D eigenvalue weighted by Crippen LogP contribution is 2.32. The zero-order chi connectivity index (χ0) is 18.4. The third-order valence-electron chi connectivity index (χ3n) is 3.96. The smallest absolute Gasteiger partial charge is 0.157 e. The SMILES string of the molecule is COc1ccc(F)cc1[C@@H](CCC1OCCCO1)N[S@+]([O-])C(C)(C)C. The van der Waals surface area contributed by atoms with Gasteiger partial charge in [0.15, 0.2) is 6.29 Å². The molecule has 25 heavy (non-hydrogen) atoms. The van der Waals surface area contributed by atoms with E-state index in [1.165, 1.54) is 12.1 Å². The molecule has 1 heterocycles. The van der Waals surface area contributed by atoms with E-state index >= 15 is 0 Å². The quantitative estimate of drug-likeness (QED) is 0.742. The Morgan fingerprint density at radius 1 is 1.36 bits per heavy atom.